The van der Waals surface area contributed by atoms with Gasteiger partial charge in [-0.25, -0.2) is 8.42 Å². The molecular weight excluding hydrogens is 378 g/mol. The fraction of sp³-hybridized carbons (Fsp3) is 0.562. The van der Waals surface area contributed by atoms with Crippen LogP contribution in [-0.2, 0) is 19.6 Å². The maximum Gasteiger partial charge on any atom is 0.312 e. The van der Waals surface area contributed by atoms with Gasteiger partial charge in [0.05, 0.1) is 30.0 Å². The van der Waals surface area contributed by atoms with E-state index in [1.54, 1.807) is 4.90 Å². The van der Waals surface area contributed by atoms with Gasteiger partial charge < -0.3 is 14.4 Å². The molecule has 0 spiro atoms. The van der Waals surface area contributed by atoms with Crippen LogP contribution in [0.5, 0.6) is 5.75 Å². The highest BCUT2D eigenvalue weighted by molar-refractivity contribution is 7.89. The highest BCUT2D eigenvalue weighted by Crippen LogP contribution is 2.30. The van der Waals surface area contributed by atoms with Crippen LogP contribution in [0.4, 0.5) is 5.69 Å². The fourth-order valence-electron chi connectivity index (χ4n) is 2.76. The Morgan fingerprint density at radius 1 is 1.26 bits per heavy atom. The highest BCUT2D eigenvalue weighted by Gasteiger charge is 2.31. The summed E-state index contributed by atoms with van der Waals surface area (Å²) in [7, 11) is -2.63. The number of amides is 1. The second kappa shape index (κ2) is 9.11. The predicted octanol–water partition coefficient (Wildman–Crippen LogP) is 0.863. The first-order chi connectivity index (χ1) is 12.8. The van der Waals surface area contributed by atoms with Crippen LogP contribution in [0.25, 0.3) is 0 Å². The molecule has 27 heavy (non-hydrogen) atoms. The maximum absolute atomic E-state index is 12.8. The second-order valence-electron chi connectivity index (χ2n) is 5.82. The Hall–Kier alpha value is -2.24. The van der Waals surface area contributed by atoms with E-state index < -0.39 is 20.6 Å². The van der Waals surface area contributed by atoms with Crippen LogP contribution in [0.3, 0.4) is 0 Å². The molecule has 0 aliphatic carbocycles. The van der Waals surface area contributed by atoms with Crippen molar-refractivity contribution >= 4 is 21.6 Å². The second-order valence-corrected chi connectivity index (χ2v) is 7.76. The molecule has 0 bridgehead atoms. The van der Waals surface area contributed by atoms with Crippen LogP contribution in [-0.4, -0.2) is 75.0 Å². The van der Waals surface area contributed by atoms with Crippen LogP contribution in [0, 0.1) is 10.1 Å². The van der Waals surface area contributed by atoms with Crippen molar-refractivity contribution in [2.24, 2.45) is 0 Å². The van der Waals surface area contributed by atoms with Crippen LogP contribution in [0.1, 0.15) is 13.3 Å². The van der Waals surface area contributed by atoms with Gasteiger partial charge in [0.25, 0.3) is 0 Å². The van der Waals surface area contributed by atoms with Crippen molar-refractivity contribution in [1.29, 1.82) is 0 Å². The van der Waals surface area contributed by atoms with Gasteiger partial charge in [0.15, 0.2) is 5.75 Å². The van der Waals surface area contributed by atoms with E-state index in [1.165, 1.54) is 23.5 Å². The number of ether oxygens (including phenoxy) is 2. The van der Waals surface area contributed by atoms with Crippen LogP contribution < -0.4 is 4.74 Å². The monoisotopic (exact) mass is 401 g/mol. The Kier molecular flexibility index (Phi) is 7.11. The normalized spacial score (nSPS) is 15.6. The lowest BCUT2D eigenvalue weighted by atomic mass is 10.3. The predicted molar refractivity (Wildman–Crippen MR) is 96.1 cm³/mol. The third kappa shape index (κ3) is 4.93. The standard InChI is InChI=1S/C16H23N3O7S/c1-3-26-11-6-16(20)17-7-9-18(10-8-17)27(23,24)13-4-5-15(25-2)14(12-13)19(21)22/h4-5,12H,3,6-11H2,1-2H3. The lowest BCUT2D eigenvalue weighted by molar-refractivity contribution is -0.386. The first kappa shape index (κ1) is 21.1. The number of rotatable bonds is 8. The minimum absolute atomic E-state index is 0.0105. The molecule has 1 amide bonds. The summed E-state index contributed by atoms with van der Waals surface area (Å²) in [6.07, 6.45) is 0.255. The van der Waals surface area contributed by atoms with Crippen LogP contribution in [0.15, 0.2) is 23.1 Å². The number of nitro benzene ring substituents is 1. The zero-order valence-electron chi connectivity index (χ0n) is 15.3. The fourth-order valence-corrected chi connectivity index (χ4v) is 4.20. The Labute approximate surface area is 157 Å². The molecule has 0 atom stereocenters. The van der Waals surface area contributed by atoms with Crippen LogP contribution >= 0.6 is 0 Å². The van der Waals surface area contributed by atoms with E-state index in [0.717, 1.165) is 6.07 Å². The van der Waals surface area contributed by atoms with E-state index in [1.807, 2.05) is 6.92 Å². The lowest BCUT2D eigenvalue weighted by Gasteiger charge is -2.34. The quantitative estimate of drug-likeness (QED) is 0.360. The lowest BCUT2D eigenvalue weighted by Crippen LogP contribution is -2.50. The Bertz CT molecular complexity index is 789. The van der Waals surface area contributed by atoms with Crippen molar-refractivity contribution in [2.75, 3.05) is 46.5 Å². The Morgan fingerprint density at radius 3 is 2.48 bits per heavy atom. The molecule has 0 aromatic heterocycles. The minimum Gasteiger partial charge on any atom is -0.490 e. The van der Waals surface area contributed by atoms with E-state index in [0.29, 0.717) is 13.2 Å². The SMILES string of the molecule is CCOCCC(=O)N1CCN(S(=O)(=O)c2ccc(OC)c([N+](=O)[O-])c2)CC1. The molecule has 0 unspecified atom stereocenters. The summed E-state index contributed by atoms with van der Waals surface area (Å²) < 4.78 is 36.9. The average Bonchev–Trinajstić information content (AvgIpc) is 2.67. The molecule has 1 aromatic rings. The third-order valence-corrected chi connectivity index (χ3v) is 6.14. The summed E-state index contributed by atoms with van der Waals surface area (Å²) in [6.45, 7) is 3.50. The summed E-state index contributed by atoms with van der Waals surface area (Å²) in [5, 5.41) is 11.1. The number of nitrogens with zero attached hydrogens (tertiary/aromatic N) is 3. The minimum atomic E-state index is -3.90. The third-order valence-electron chi connectivity index (χ3n) is 4.24. The number of carbonyl (C=O) groups excluding carboxylic acids is 1. The molecule has 2 rings (SSSR count). The molecule has 1 aliphatic rings. The number of piperazine rings is 1. The van der Waals surface area contributed by atoms with Gasteiger partial charge in [-0.3, -0.25) is 14.9 Å². The average molecular weight is 401 g/mol. The van der Waals surface area contributed by atoms with E-state index in [9.17, 15) is 23.3 Å². The molecule has 0 radical (unpaired) electrons. The molecule has 1 aromatic carbocycles. The topological polar surface area (TPSA) is 119 Å². The van der Waals surface area contributed by atoms with Crippen LogP contribution in [0.2, 0.25) is 0 Å². The Balaban J connectivity index is 2.08. The van der Waals surface area contributed by atoms with Crippen molar-refractivity contribution < 1.29 is 27.6 Å². The van der Waals surface area contributed by atoms with E-state index in [4.69, 9.17) is 9.47 Å². The maximum atomic E-state index is 12.8. The largest absolute Gasteiger partial charge is 0.490 e. The summed E-state index contributed by atoms with van der Waals surface area (Å²) in [4.78, 5) is 23.9. The molecule has 1 heterocycles. The number of hydrogen-bond acceptors (Lipinski definition) is 7. The summed E-state index contributed by atoms with van der Waals surface area (Å²) in [5.74, 6) is -0.0933. The Morgan fingerprint density at radius 2 is 1.93 bits per heavy atom. The van der Waals surface area contributed by atoms with Gasteiger partial charge in [0, 0.05) is 38.9 Å². The van der Waals surface area contributed by atoms with Gasteiger partial charge in [0.1, 0.15) is 0 Å². The molecular formula is C16H23N3O7S. The van der Waals surface area contributed by atoms with Gasteiger partial charge in [-0.1, -0.05) is 0 Å². The first-order valence-electron chi connectivity index (χ1n) is 8.49. The first-order valence-corrected chi connectivity index (χ1v) is 9.93. The van der Waals surface area contributed by atoms with E-state index >= 15 is 0 Å². The van der Waals surface area contributed by atoms with Gasteiger partial charge in [-0.05, 0) is 19.1 Å². The number of nitro groups is 1. The molecule has 0 saturated carbocycles. The summed E-state index contributed by atoms with van der Waals surface area (Å²) in [6, 6.07) is 3.53. The summed E-state index contributed by atoms with van der Waals surface area (Å²) >= 11 is 0. The number of carbonyl (C=O) groups is 1. The van der Waals surface area contributed by atoms with Crippen molar-refractivity contribution in [1.82, 2.24) is 9.21 Å². The molecule has 10 nitrogen and oxygen atoms in total. The molecule has 1 fully saturated rings. The highest BCUT2D eigenvalue weighted by atomic mass is 32.2. The zero-order chi connectivity index (χ0) is 20.0. The zero-order valence-corrected chi connectivity index (χ0v) is 16.1. The molecule has 1 saturated heterocycles. The van der Waals surface area contributed by atoms with E-state index in [2.05, 4.69) is 0 Å². The number of sulfonamides is 1. The van der Waals surface area contributed by atoms with Crippen molar-refractivity contribution in [3.63, 3.8) is 0 Å². The van der Waals surface area contributed by atoms with Crippen molar-refractivity contribution in [2.45, 2.75) is 18.2 Å². The van der Waals surface area contributed by atoms with Gasteiger partial charge in [-0.15, -0.1) is 0 Å². The molecule has 1 aliphatic heterocycles. The van der Waals surface area contributed by atoms with Gasteiger partial charge >= 0.3 is 5.69 Å². The number of hydrogen-bond donors (Lipinski definition) is 0. The van der Waals surface area contributed by atoms with Crippen molar-refractivity contribution in [3.8, 4) is 5.75 Å². The smallest absolute Gasteiger partial charge is 0.312 e. The number of methoxy groups -OCH3 is 1. The molecule has 11 heteroatoms. The van der Waals surface area contributed by atoms with Crippen molar-refractivity contribution in [3.05, 3.63) is 28.3 Å². The number of benzene rings is 1. The van der Waals surface area contributed by atoms with Gasteiger partial charge in [-0.2, -0.15) is 4.31 Å². The molecule has 0 N–H and O–H groups in total. The van der Waals surface area contributed by atoms with E-state index in [-0.39, 0.29) is 49.2 Å². The molecule has 150 valence electrons. The van der Waals surface area contributed by atoms with Gasteiger partial charge in [0.2, 0.25) is 15.9 Å². The summed E-state index contributed by atoms with van der Waals surface area (Å²) in [5.41, 5.74) is -0.414.